The first-order chi connectivity index (χ1) is 27.8. The molecule has 0 N–H and O–H groups in total. The van der Waals surface area contributed by atoms with Gasteiger partial charge in [0.2, 0.25) is 0 Å². The smallest absolute Gasteiger partial charge is 0.129 e. The van der Waals surface area contributed by atoms with Gasteiger partial charge in [0.25, 0.3) is 0 Å². The number of aryl methyl sites for hydroxylation is 1. The molecule has 0 unspecified atom stereocenters. The zero-order chi connectivity index (χ0) is 43.7. The average molecular weight is 801 g/mol. The van der Waals surface area contributed by atoms with Crippen LogP contribution in [0.4, 0.5) is 22.7 Å². The summed E-state index contributed by atoms with van der Waals surface area (Å²) in [5.74, 6) is 1.61. The molecule has 1 aromatic heterocycles. The molecular formula is C55H68N4O. The van der Waals surface area contributed by atoms with Gasteiger partial charge >= 0.3 is 0 Å². The van der Waals surface area contributed by atoms with E-state index in [2.05, 4.69) is 234 Å². The fraction of sp³-hybridized carbons (Fsp3) is 0.400. The standard InChI is InChI=1S/C55H68N4O/c1-36-50(55(15,16)38-22-18-17-19-23-38)37(2)59(56-36)45-30-42(54(12,13)14)32-47(34-45)60-46-31-41(53(9,10)11)29-44(33-46)58-35-57(48-24-20-21-25-49(48)58)43-27-39(51(3,4)5)26-40(28-43)52(6,7)8/h17-34H,35H2,1-16H3. The first kappa shape index (κ1) is 42.8. The molecular weight excluding hydrogens is 733 g/mol. The predicted octanol–water partition coefficient (Wildman–Crippen LogP) is 15.0. The Morgan fingerprint density at radius 1 is 0.450 bits per heavy atom. The summed E-state index contributed by atoms with van der Waals surface area (Å²) in [5.41, 5.74) is 15.1. The summed E-state index contributed by atoms with van der Waals surface area (Å²) in [6, 6.07) is 40.2. The Balaban J connectivity index is 1.32. The van der Waals surface area contributed by atoms with Crippen LogP contribution in [0.15, 0.2) is 109 Å². The monoisotopic (exact) mass is 801 g/mol. The Bertz CT molecular complexity index is 2500. The Kier molecular flexibility index (Phi) is 10.7. The second-order valence-electron chi connectivity index (χ2n) is 21.7. The van der Waals surface area contributed by atoms with E-state index in [-0.39, 0.29) is 27.1 Å². The summed E-state index contributed by atoms with van der Waals surface area (Å²) in [6.45, 7) is 37.1. The summed E-state index contributed by atoms with van der Waals surface area (Å²) >= 11 is 0. The van der Waals surface area contributed by atoms with Crippen molar-refractivity contribution in [2.75, 3.05) is 16.5 Å². The minimum Gasteiger partial charge on any atom is -0.457 e. The number of fused-ring (bicyclic) bond motifs is 1. The summed E-state index contributed by atoms with van der Waals surface area (Å²) in [4.78, 5) is 4.92. The number of ether oxygens (including phenoxy) is 1. The van der Waals surface area contributed by atoms with E-state index < -0.39 is 0 Å². The van der Waals surface area contributed by atoms with Crippen molar-refractivity contribution < 1.29 is 4.74 Å². The molecule has 1 aliphatic rings. The van der Waals surface area contributed by atoms with Crippen LogP contribution in [-0.4, -0.2) is 16.4 Å². The minimum atomic E-state index is -0.216. The van der Waals surface area contributed by atoms with Crippen molar-refractivity contribution in [1.82, 2.24) is 9.78 Å². The first-order valence-corrected chi connectivity index (χ1v) is 21.7. The molecule has 0 radical (unpaired) electrons. The van der Waals surface area contributed by atoms with Gasteiger partial charge in [-0.3, -0.25) is 0 Å². The highest BCUT2D eigenvalue weighted by Crippen LogP contribution is 2.48. The van der Waals surface area contributed by atoms with Gasteiger partial charge in [-0.1, -0.05) is 145 Å². The molecule has 0 spiro atoms. The third-order valence-electron chi connectivity index (χ3n) is 12.4. The summed E-state index contributed by atoms with van der Waals surface area (Å²) < 4.78 is 9.17. The van der Waals surface area contributed by atoms with Gasteiger partial charge in [0.05, 0.1) is 22.8 Å². The van der Waals surface area contributed by atoms with Crippen molar-refractivity contribution in [3.8, 4) is 17.2 Å². The third-order valence-corrected chi connectivity index (χ3v) is 12.4. The van der Waals surface area contributed by atoms with E-state index in [0.29, 0.717) is 6.67 Å². The number of para-hydroxylation sites is 2. The van der Waals surface area contributed by atoms with Crippen LogP contribution in [0, 0.1) is 13.8 Å². The molecule has 0 aliphatic carbocycles. The maximum Gasteiger partial charge on any atom is 0.129 e. The van der Waals surface area contributed by atoms with Crippen LogP contribution in [0.1, 0.15) is 142 Å². The van der Waals surface area contributed by atoms with Crippen LogP contribution in [0.25, 0.3) is 5.69 Å². The number of nitrogens with zero attached hydrogens (tertiary/aromatic N) is 4. The van der Waals surface area contributed by atoms with Crippen LogP contribution >= 0.6 is 0 Å². The van der Waals surface area contributed by atoms with Gasteiger partial charge < -0.3 is 14.5 Å². The zero-order valence-electron chi connectivity index (χ0n) is 39.3. The summed E-state index contributed by atoms with van der Waals surface area (Å²) in [5, 5.41) is 5.20. The van der Waals surface area contributed by atoms with E-state index in [1.165, 1.54) is 50.4 Å². The Morgan fingerprint density at radius 3 is 1.32 bits per heavy atom. The third kappa shape index (κ3) is 8.38. The molecule has 1 aliphatic heterocycles. The van der Waals surface area contributed by atoms with Gasteiger partial charge in [0.1, 0.15) is 18.2 Å². The Morgan fingerprint density at radius 2 is 0.850 bits per heavy atom. The van der Waals surface area contributed by atoms with E-state index in [1.54, 1.807) is 0 Å². The zero-order valence-corrected chi connectivity index (χ0v) is 39.3. The number of anilines is 4. The highest BCUT2D eigenvalue weighted by Gasteiger charge is 2.33. The van der Waals surface area contributed by atoms with Crippen molar-refractivity contribution in [1.29, 1.82) is 0 Å². The van der Waals surface area contributed by atoms with Gasteiger partial charge in [-0.25, -0.2) is 4.68 Å². The second kappa shape index (κ2) is 15.0. The van der Waals surface area contributed by atoms with Crippen molar-refractivity contribution in [3.63, 3.8) is 0 Å². The van der Waals surface area contributed by atoms with Crippen LogP contribution in [-0.2, 0) is 27.1 Å². The van der Waals surface area contributed by atoms with Crippen molar-refractivity contribution in [3.05, 3.63) is 154 Å². The van der Waals surface area contributed by atoms with Gasteiger partial charge in [0.15, 0.2) is 0 Å². The molecule has 0 fully saturated rings. The molecule has 0 amide bonds. The molecule has 60 heavy (non-hydrogen) atoms. The van der Waals surface area contributed by atoms with Gasteiger partial charge in [-0.15, -0.1) is 0 Å². The van der Waals surface area contributed by atoms with Gasteiger partial charge in [-0.2, -0.15) is 5.10 Å². The quantitative estimate of drug-likeness (QED) is 0.161. The molecule has 314 valence electrons. The number of benzene rings is 5. The van der Waals surface area contributed by atoms with E-state index >= 15 is 0 Å². The average Bonchev–Trinajstić information content (AvgIpc) is 3.70. The summed E-state index contributed by atoms with van der Waals surface area (Å²) in [7, 11) is 0. The molecule has 0 saturated heterocycles. The normalized spacial score (nSPS) is 13.9. The predicted molar refractivity (Wildman–Crippen MR) is 255 cm³/mol. The van der Waals surface area contributed by atoms with E-state index in [1.807, 2.05) is 0 Å². The largest absolute Gasteiger partial charge is 0.457 e. The van der Waals surface area contributed by atoms with Crippen LogP contribution in [0.2, 0.25) is 0 Å². The number of hydrogen-bond donors (Lipinski definition) is 0. The van der Waals surface area contributed by atoms with Crippen molar-refractivity contribution in [2.45, 2.75) is 138 Å². The lowest BCUT2D eigenvalue weighted by molar-refractivity contribution is 0.474. The van der Waals surface area contributed by atoms with Crippen LogP contribution in [0.3, 0.4) is 0 Å². The lowest BCUT2D eigenvalue weighted by Crippen LogP contribution is -2.26. The maximum absolute atomic E-state index is 7.05. The molecule has 5 nitrogen and oxygen atoms in total. The fourth-order valence-corrected chi connectivity index (χ4v) is 8.65. The minimum absolute atomic E-state index is 0.0162. The lowest BCUT2D eigenvalue weighted by atomic mass is 9.77. The highest BCUT2D eigenvalue weighted by atomic mass is 16.5. The molecule has 6 aromatic rings. The van der Waals surface area contributed by atoms with Gasteiger partial charge in [0, 0.05) is 40.2 Å². The molecule has 0 bridgehead atoms. The topological polar surface area (TPSA) is 33.5 Å². The van der Waals surface area contributed by atoms with Crippen molar-refractivity contribution in [2.24, 2.45) is 0 Å². The van der Waals surface area contributed by atoms with Crippen LogP contribution in [0.5, 0.6) is 11.5 Å². The molecule has 5 heteroatoms. The second-order valence-corrected chi connectivity index (χ2v) is 21.7. The molecule has 5 aromatic carbocycles. The molecule has 0 atom stereocenters. The fourth-order valence-electron chi connectivity index (χ4n) is 8.65. The Hall–Kier alpha value is -5.29. The first-order valence-electron chi connectivity index (χ1n) is 21.7. The van der Waals surface area contributed by atoms with E-state index in [9.17, 15) is 0 Å². The number of hydrogen-bond acceptors (Lipinski definition) is 4. The number of rotatable bonds is 7. The molecule has 2 heterocycles. The SMILES string of the molecule is Cc1nn(-c2cc(Oc3cc(N4CN(c5cc(C(C)(C)C)cc(C(C)(C)C)c5)c5ccccc54)cc(C(C)(C)C)c3)cc(C(C)(C)C)c2)c(C)c1C(C)(C)c1ccccc1. The lowest BCUT2D eigenvalue weighted by Gasteiger charge is -2.30. The van der Waals surface area contributed by atoms with E-state index in [4.69, 9.17) is 9.84 Å². The van der Waals surface area contributed by atoms with Crippen molar-refractivity contribution >= 4 is 22.7 Å². The maximum atomic E-state index is 7.05. The highest BCUT2D eigenvalue weighted by molar-refractivity contribution is 5.87. The van der Waals surface area contributed by atoms with E-state index in [0.717, 1.165) is 34.3 Å². The van der Waals surface area contributed by atoms with Gasteiger partial charge in [-0.05, 0) is 112 Å². The van der Waals surface area contributed by atoms with Crippen LogP contribution < -0.4 is 14.5 Å². The molecule has 7 rings (SSSR count). The molecule has 0 saturated carbocycles. The summed E-state index contributed by atoms with van der Waals surface area (Å²) in [6.07, 6.45) is 0. The Labute approximate surface area is 361 Å². The number of aromatic nitrogens is 2.